The van der Waals surface area contributed by atoms with E-state index in [2.05, 4.69) is 5.32 Å². The topological polar surface area (TPSA) is 83.5 Å². The summed E-state index contributed by atoms with van der Waals surface area (Å²) in [7, 11) is -0.933. The Morgan fingerprint density at radius 3 is 2.38 bits per heavy atom. The van der Waals surface area contributed by atoms with Crippen LogP contribution in [0.4, 0.5) is 0 Å². The van der Waals surface area contributed by atoms with Crippen molar-refractivity contribution < 1.29 is 18.9 Å². The smallest absolute Gasteiger partial charge is 0.303 e. The van der Waals surface area contributed by atoms with Gasteiger partial charge in [0.25, 0.3) is 0 Å². The maximum absolute atomic E-state index is 11.3. The minimum Gasteiger partial charge on any atom is -0.481 e. The van der Waals surface area contributed by atoms with Crippen molar-refractivity contribution in [3.8, 4) is 0 Å². The summed E-state index contributed by atoms with van der Waals surface area (Å²) in [5.41, 5.74) is 0. The number of aliphatic carboxylic acids is 1. The third-order valence-electron chi connectivity index (χ3n) is 2.20. The van der Waals surface area contributed by atoms with Gasteiger partial charge in [-0.1, -0.05) is 0 Å². The molecule has 0 aromatic carbocycles. The zero-order valence-corrected chi connectivity index (χ0v) is 10.5. The van der Waals surface area contributed by atoms with Crippen LogP contribution in [0.15, 0.2) is 0 Å². The molecular formula is C10H19NO4S. The largest absolute Gasteiger partial charge is 0.481 e. The Balaban J connectivity index is 3.52. The number of nitrogens with one attached hydrogen (secondary N) is 1. The fourth-order valence-corrected chi connectivity index (χ4v) is 1.34. The van der Waals surface area contributed by atoms with Gasteiger partial charge in [-0.15, -0.1) is 0 Å². The molecule has 0 saturated heterocycles. The molecule has 16 heavy (non-hydrogen) atoms. The monoisotopic (exact) mass is 249 g/mol. The average Bonchev–Trinajstić information content (AvgIpc) is 2.20. The summed E-state index contributed by atoms with van der Waals surface area (Å²) >= 11 is 0. The van der Waals surface area contributed by atoms with Crippen LogP contribution < -0.4 is 5.32 Å². The van der Waals surface area contributed by atoms with Crippen molar-refractivity contribution in [3.05, 3.63) is 0 Å². The maximum atomic E-state index is 11.3. The summed E-state index contributed by atoms with van der Waals surface area (Å²) in [6, 6.07) is 0. The molecule has 0 aliphatic heterocycles. The Hall–Kier alpha value is -0.910. The number of carboxylic acids is 1. The third-order valence-corrected chi connectivity index (χ3v) is 3.50. The fraction of sp³-hybridized carbons (Fsp3) is 0.800. The summed E-state index contributed by atoms with van der Waals surface area (Å²) in [5.74, 6) is -0.946. The molecule has 0 aliphatic rings. The Morgan fingerprint density at radius 2 is 1.88 bits per heavy atom. The first-order valence-corrected chi connectivity index (χ1v) is 6.86. The normalized spacial score (nSPS) is 14.1. The van der Waals surface area contributed by atoms with E-state index in [0.29, 0.717) is 25.8 Å². The predicted molar refractivity (Wildman–Crippen MR) is 62.6 cm³/mol. The van der Waals surface area contributed by atoms with Gasteiger partial charge in [-0.05, 0) is 19.8 Å². The van der Waals surface area contributed by atoms with Crippen LogP contribution in [-0.4, -0.2) is 39.2 Å². The zero-order valence-electron chi connectivity index (χ0n) is 9.69. The minimum atomic E-state index is -0.933. The van der Waals surface area contributed by atoms with E-state index in [0.717, 1.165) is 0 Å². The second kappa shape index (κ2) is 8.27. The van der Waals surface area contributed by atoms with Gasteiger partial charge >= 0.3 is 5.97 Å². The Morgan fingerprint density at radius 1 is 1.31 bits per heavy atom. The molecule has 0 saturated carbocycles. The van der Waals surface area contributed by atoms with E-state index in [1.54, 1.807) is 13.2 Å². The lowest BCUT2D eigenvalue weighted by Crippen LogP contribution is -2.32. The molecule has 0 aromatic heterocycles. The van der Waals surface area contributed by atoms with Crippen molar-refractivity contribution in [3.63, 3.8) is 0 Å². The maximum Gasteiger partial charge on any atom is 0.303 e. The highest BCUT2D eigenvalue weighted by Gasteiger charge is 2.08. The van der Waals surface area contributed by atoms with Crippen LogP contribution in [0.3, 0.4) is 0 Å². The van der Waals surface area contributed by atoms with E-state index in [9.17, 15) is 13.8 Å². The molecule has 0 spiro atoms. The van der Waals surface area contributed by atoms with E-state index in [1.165, 1.54) is 0 Å². The molecule has 94 valence electrons. The first-order valence-electron chi connectivity index (χ1n) is 5.24. The van der Waals surface area contributed by atoms with E-state index in [-0.39, 0.29) is 17.6 Å². The van der Waals surface area contributed by atoms with Crippen LogP contribution in [0.2, 0.25) is 0 Å². The van der Waals surface area contributed by atoms with Crippen molar-refractivity contribution >= 4 is 22.7 Å². The molecule has 1 amide bonds. The van der Waals surface area contributed by atoms with Gasteiger partial charge in [0.2, 0.25) is 5.91 Å². The van der Waals surface area contributed by atoms with Crippen LogP contribution >= 0.6 is 0 Å². The molecule has 0 heterocycles. The Bertz CT molecular complexity index is 268. The molecule has 0 bridgehead atoms. The quantitative estimate of drug-likeness (QED) is 0.614. The third kappa shape index (κ3) is 8.40. The van der Waals surface area contributed by atoms with Crippen LogP contribution in [0.1, 0.15) is 32.6 Å². The average molecular weight is 249 g/mol. The molecular weight excluding hydrogens is 230 g/mol. The van der Waals surface area contributed by atoms with Crippen molar-refractivity contribution in [2.24, 2.45) is 0 Å². The van der Waals surface area contributed by atoms with Crippen molar-refractivity contribution in [1.82, 2.24) is 5.32 Å². The molecule has 0 aromatic rings. The number of carbonyl (C=O) groups is 2. The molecule has 0 rings (SSSR count). The summed E-state index contributed by atoms with van der Waals surface area (Å²) in [6.07, 6.45) is 3.11. The number of hydrogen-bond acceptors (Lipinski definition) is 3. The number of hydrogen-bond donors (Lipinski definition) is 2. The van der Waals surface area contributed by atoms with Gasteiger partial charge < -0.3 is 10.4 Å². The van der Waals surface area contributed by atoms with E-state index < -0.39 is 16.8 Å². The Kier molecular flexibility index (Phi) is 7.80. The highest BCUT2D eigenvalue weighted by atomic mass is 32.2. The first-order chi connectivity index (χ1) is 7.43. The van der Waals surface area contributed by atoms with Gasteiger partial charge in [0.05, 0.1) is 0 Å². The second-order valence-corrected chi connectivity index (χ2v) is 5.52. The number of amides is 1. The van der Waals surface area contributed by atoms with Crippen LogP contribution in [0.25, 0.3) is 0 Å². The van der Waals surface area contributed by atoms with Crippen molar-refractivity contribution in [2.45, 2.75) is 37.9 Å². The van der Waals surface area contributed by atoms with Gasteiger partial charge in [0.1, 0.15) is 0 Å². The van der Waals surface area contributed by atoms with E-state index in [4.69, 9.17) is 5.11 Å². The van der Waals surface area contributed by atoms with Gasteiger partial charge in [-0.25, -0.2) is 0 Å². The second-order valence-electron chi connectivity index (χ2n) is 3.71. The molecule has 2 atom stereocenters. The Labute approximate surface area is 98.1 Å². The lowest BCUT2D eigenvalue weighted by Gasteiger charge is -2.09. The molecule has 6 heteroatoms. The van der Waals surface area contributed by atoms with Gasteiger partial charge in [0, 0.05) is 41.7 Å². The van der Waals surface area contributed by atoms with Crippen LogP contribution in [0, 0.1) is 0 Å². The molecule has 0 radical (unpaired) electrons. The van der Waals surface area contributed by atoms with Gasteiger partial charge in [0.15, 0.2) is 0 Å². The SMILES string of the molecule is CC(CNC(=O)CCCCC(=O)O)S(C)=O. The molecule has 2 N–H and O–H groups in total. The number of rotatable bonds is 8. The number of carboxylic acid groups (broad SMARTS) is 1. The van der Waals surface area contributed by atoms with E-state index in [1.807, 2.05) is 0 Å². The van der Waals surface area contributed by atoms with Gasteiger partial charge in [-0.2, -0.15) is 0 Å². The summed E-state index contributed by atoms with van der Waals surface area (Å²) in [6.45, 7) is 2.21. The predicted octanol–water partition coefficient (Wildman–Crippen LogP) is 0.515. The molecule has 2 unspecified atom stereocenters. The highest BCUT2D eigenvalue weighted by Crippen LogP contribution is 2.00. The zero-order chi connectivity index (χ0) is 12.6. The minimum absolute atomic E-state index is 0.0528. The first kappa shape index (κ1) is 15.1. The molecule has 5 nitrogen and oxygen atoms in total. The number of carbonyl (C=O) groups excluding carboxylic acids is 1. The molecule has 0 aliphatic carbocycles. The van der Waals surface area contributed by atoms with Crippen LogP contribution in [0.5, 0.6) is 0 Å². The van der Waals surface area contributed by atoms with Crippen LogP contribution in [-0.2, 0) is 20.4 Å². The van der Waals surface area contributed by atoms with Crippen molar-refractivity contribution in [2.75, 3.05) is 12.8 Å². The van der Waals surface area contributed by atoms with E-state index >= 15 is 0 Å². The summed E-state index contributed by atoms with van der Waals surface area (Å²) in [5, 5.41) is 11.0. The molecule has 0 fully saturated rings. The number of unbranched alkanes of at least 4 members (excludes halogenated alkanes) is 1. The summed E-state index contributed by atoms with van der Waals surface area (Å²) in [4.78, 5) is 21.5. The standard InChI is InChI=1S/C10H19NO4S/c1-8(16(2)15)7-11-9(12)5-3-4-6-10(13)14/h8H,3-7H2,1-2H3,(H,11,12)(H,13,14). The fourth-order valence-electron chi connectivity index (χ4n) is 1.03. The lowest BCUT2D eigenvalue weighted by atomic mass is 10.2. The summed E-state index contributed by atoms with van der Waals surface area (Å²) < 4.78 is 11.0. The van der Waals surface area contributed by atoms with Crippen molar-refractivity contribution in [1.29, 1.82) is 0 Å². The highest BCUT2D eigenvalue weighted by molar-refractivity contribution is 7.84. The van der Waals surface area contributed by atoms with Gasteiger partial charge in [-0.3, -0.25) is 13.8 Å². The lowest BCUT2D eigenvalue weighted by molar-refractivity contribution is -0.137.